The van der Waals surface area contributed by atoms with Crippen molar-refractivity contribution in [3.8, 4) is 11.9 Å². The predicted molar refractivity (Wildman–Crippen MR) is 156 cm³/mol. The van der Waals surface area contributed by atoms with Crippen LogP contribution in [0.15, 0.2) is 60.4 Å². The number of likely N-dealkylation sites (tertiary alicyclic amines) is 1. The van der Waals surface area contributed by atoms with E-state index in [0.29, 0.717) is 30.1 Å². The van der Waals surface area contributed by atoms with Gasteiger partial charge in [0.1, 0.15) is 24.1 Å². The van der Waals surface area contributed by atoms with Crippen LogP contribution in [0.1, 0.15) is 63.7 Å². The number of benzene rings is 2. The first-order valence-corrected chi connectivity index (χ1v) is 14.6. The summed E-state index contributed by atoms with van der Waals surface area (Å²) in [5.41, 5.74) is 4.96. The monoisotopic (exact) mass is 581 g/mol. The lowest BCUT2D eigenvalue weighted by Gasteiger charge is -2.31. The maximum atomic E-state index is 14.2. The lowest BCUT2D eigenvalue weighted by molar-refractivity contribution is 0.101. The molecule has 11 heteroatoms. The van der Waals surface area contributed by atoms with Crippen molar-refractivity contribution in [1.29, 1.82) is 5.26 Å². The second-order valence-electron chi connectivity index (χ2n) is 10.4. The maximum absolute atomic E-state index is 14.2. The third-order valence-corrected chi connectivity index (χ3v) is 8.32. The number of carbonyl (C=O) groups excluding carboxylic acids is 1. The van der Waals surface area contributed by atoms with Crippen LogP contribution in [0.2, 0.25) is 0 Å². The van der Waals surface area contributed by atoms with Gasteiger partial charge in [-0.15, -0.1) is 11.3 Å². The molecule has 2 aromatic carbocycles. The van der Waals surface area contributed by atoms with Crippen LogP contribution >= 0.6 is 11.3 Å². The van der Waals surface area contributed by atoms with Crippen molar-refractivity contribution in [1.82, 2.24) is 29.4 Å². The van der Waals surface area contributed by atoms with Crippen LogP contribution in [0.25, 0.3) is 11.0 Å². The average Bonchev–Trinajstić information content (AvgIpc) is 3.65. The Morgan fingerprint density at radius 1 is 1.14 bits per heavy atom. The molecule has 0 unspecified atom stereocenters. The van der Waals surface area contributed by atoms with Crippen LogP contribution in [0.5, 0.6) is 5.88 Å². The zero-order valence-corrected chi connectivity index (χ0v) is 23.9. The number of imidazole rings is 1. The summed E-state index contributed by atoms with van der Waals surface area (Å²) in [6.07, 6.45) is 5.32. The summed E-state index contributed by atoms with van der Waals surface area (Å²) in [5, 5.41) is 8.94. The first-order valence-electron chi connectivity index (χ1n) is 13.7. The van der Waals surface area contributed by atoms with Gasteiger partial charge in [0.2, 0.25) is 5.88 Å². The van der Waals surface area contributed by atoms with E-state index in [-0.39, 0.29) is 23.9 Å². The molecule has 0 aliphatic carbocycles. The van der Waals surface area contributed by atoms with Gasteiger partial charge in [0.25, 0.3) is 0 Å². The smallest absolute Gasteiger partial charge is 0.216 e. The summed E-state index contributed by atoms with van der Waals surface area (Å²) in [6.45, 7) is 4.66. The van der Waals surface area contributed by atoms with E-state index in [1.54, 1.807) is 42.7 Å². The van der Waals surface area contributed by atoms with Gasteiger partial charge >= 0.3 is 0 Å². The molecule has 0 bridgehead atoms. The highest BCUT2D eigenvalue weighted by Gasteiger charge is 2.25. The van der Waals surface area contributed by atoms with E-state index in [2.05, 4.69) is 24.4 Å². The summed E-state index contributed by atoms with van der Waals surface area (Å²) in [5.74, 6) is 1.82. The summed E-state index contributed by atoms with van der Waals surface area (Å²) < 4.78 is 22.2. The normalized spacial score (nSPS) is 14.2. The number of nitriles is 1. The van der Waals surface area contributed by atoms with Crippen molar-refractivity contribution in [2.75, 3.05) is 13.1 Å². The molecule has 1 aliphatic heterocycles. The molecule has 0 amide bonds. The molecule has 4 heterocycles. The number of ether oxygens (including phenoxy) is 1. The lowest BCUT2D eigenvalue weighted by atomic mass is 9.96. The number of Topliss-reactive ketones (excluding diaryl/α,β-unsaturated/α-hetero) is 1. The van der Waals surface area contributed by atoms with Gasteiger partial charge in [-0.25, -0.2) is 14.4 Å². The molecule has 5 aromatic rings. The highest BCUT2D eigenvalue weighted by atomic mass is 32.1. The van der Waals surface area contributed by atoms with Crippen molar-refractivity contribution in [3.63, 3.8) is 0 Å². The first kappa shape index (κ1) is 27.6. The number of thiazole rings is 1. The molecule has 3 aromatic heterocycles. The van der Waals surface area contributed by atoms with E-state index in [1.807, 2.05) is 36.0 Å². The Morgan fingerprint density at radius 3 is 2.74 bits per heavy atom. The summed E-state index contributed by atoms with van der Waals surface area (Å²) in [6, 6.07) is 13.6. The zero-order valence-electron chi connectivity index (χ0n) is 23.0. The molecule has 42 heavy (non-hydrogen) atoms. The predicted octanol–water partition coefficient (Wildman–Crippen LogP) is 5.50. The molecular weight excluding hydrogens is 553 g/mol. The van der Waals surface area contributed by atoms with E-state index in [4.69, 9.17) is 15.0 Å². The van der Waals surface area contributed by atoms with E-state index >= 15 is 0 Å². The van der Waals surface area contributed by atoms with Crippen LogP contribution in [0.3, 0.4) is 0 Å². The number of ketones is 1. The highest BCUT2D eigenvalue weighted by Crippen LogP contribution is 2.29. The fraction of sp³-hybridized carbons (Fsp3) is 0.290. The fourth-order valence-electron chi connectivity index (χ4n) is 5.23. The Labute approximate surface area is 246 Å². The van der Waals surface area contributed by atoms with Crippen LogP contribution < -0.4 is 4.74 Å². The molecule has 9 nitrogen and oxygen atoms in total. The van der Waals surface area contributed by atoms with Crippen molar-refractivity contribution in [2.45, 2.75) is 45.4 Å². The van der Waals surface area contributed by atoms with E-state index in [9.17, 15) is 9.18 Å². The minimum absolute atomic E-state index is 0.0168. The van der Waals surface area contributed by atoms with Gasteiger partial charge in [-0.05, 0) is 63.2 Å². The number of nitrogens with zero attached hydrogens (tertiary/aromatic N) is 7. The highest BCUT2D eigenvalue weighted by molar-refractivity contribution is 7.09. The molecule has 1 fully saturated rings. The molecule has 1 saturated heterocycles. The van der Waals surface area contributed by atoms with Gasteiger partial charge < -0.3 is 9.30 Å². The second-order valence-corrected chi connectivity index (χ2v) is 11.3. The minimum atomic E-state index is -0.476. The van der Waals surface area contributed by atoms with Crippen molar-refractivity contribution in [2.24, 2.45) is 0 Å². The molecular formula is C31H28FN7O2S. The summed E-state index contributed by atoms with van der Waals surface area (Å²) in [4.78, 5) is 33.9. The van der Waals surface area contributed by atoms with Crippen molar-refractivity contribution >= 4 is 28.2 Å². The Balaban J connectivity index is 1.12. The second kappa shape index (κ2) is 12.1. The van der Waals surface area contributed by atoms with Gasteiger partial charge in [0.05, 0.1) is 41.3 Å². The molecule has 0 spiro atoms. The number of halogens is 1. The summed E-state index contributed by atoms with van der Waals surface area (Å²) >= 11 is 1.60. The number of hydrogen-bond acceptors (Lipinski definition) is 9. The van der Waals surface area contributed by atoms with Crippen LogP contribution in [0, 0.1) is 17.1 Å². The van der Waals surface area contributed by atoms with Crippen LogP contribution in [0.4, 0.5) is 4.39 Å². The first-order chi connectivity index (χ1) is 20.5. The number of aromatic nitrogens is 5. The Bertz CT molecular complexity index is 1770. The minimum Gasteiger partial charge on any atom is -0.473 e. The van der Waals surface area contributed by atoms with Crippen molar-refractivity contribution < 1.29 is 13.9 Å². The molecule has 0 saturated carbocycles. The fourth-order valence-corrected chi connectivity index (χ4v) is 5.82. The van der Waals surface area contributed by atoms with Gasteiger partial charge in [-0.3, -0.25) is 14.7 Å². The Kier molecular flexibility index (Phi) is 7.99. The molecule has 0 N–H and O–H groups in total. The Morgan fingerprint density at radius 2 is 2.00 bits per heavy atom. The summed E-state index contributed by atoms with van der Waals surface area (Å²) in [7, 11) is 0. The number of carbonyl (C=O) groups is 1. The topological polar surface area (TPSA) is 110 Å². The number of piperidine rings is 1. The van der Waals surface area contributed by atoms with Gasteiger partial charge in [-0.1, -0.05) is 6.07 Å². The van der Waals surface area contributed by atoms with Crippen LogP contribution in [-0.2, 0) is 19.7 Å². The number of rotatable bonds is 9. The van der Waals surface area contributed by atoms with Gasteiger partial charge in [-0.2, -0.15) is 10.2 Å². The van der Waals surface area contributed by atoms with Crippen molar-refractivity contribution in [3.05, 3.63) is 99.4 Å². The van der Waals surface area contributed by atoms with E-state index < -0.39 is 5.82 Å². The standard InChI is InChI=1S/C31H28FN7O2S/c1-20(40)23-4-5-27-28(13-23)39(16-25-15-34-19-42-25)29(36-27)17-38-10-7-22(8-11-38)31-35-9-6-30(37-31)41-18-24-3-2-21(14-33)12-26(24)32/h2-6,9,12-13,15,19,22H,7-8,10-11,16-18H2,1H3. The van der Waals surface area contributed by atoms with Gasteiger partial charge in [0, 0.05) is 40.4 Å². The average molecular weight is 582 g/mol. The molecule has 1 aliphatic rings. The lowest BCUT2D eigenvalue weighted by Crippen LogP contribution is -2.34. The molecule has 212 valence electrons. The van der Waals surface area contributed by atoms with Crippen LogP contribution in [-0.4, -0.2) is 48.3 Å². The third kappa shape index (κ3) is 6.05. The molecule has 0 radical (unpaired) electrons. The van der Waals surface area contributed by atoms with E-state index in [1.165, 1.54) is 6.07 Å². The van der Waals surface area contributed by atoms with E-state index in [0.717, 1.165) is 53.5 Å². The zero-order chi connectivity index (χ0) is 29.1. The maximum Gasteiger partial charge on any atom is 0.216 e. The largest absolute Gasteiger partial charge is 0.473 e. The number of fused-ring (bicyclic) bond motifs is 1. The number of hydrogen-bond donors (Lipinski definition) is 0. The quantitative estimate of drug-likeness (QED) is 0.210. The Hall–Kier alpha value is -4.53. The van der Waals surface area contributed by atoms with Gasteiger partial charge in [0.15, 0.2) is 5.78 Å². The third-order valence-electron chi connectivity index (χ3n) is 7.56. The SMILES string of the molecule is CC(=O)c1ccc2nc(CN3CCC(c4nccc(OCc5ccc(C#N)cc5F)n4)CC3)n(Cc3cncs3)c2c1. The molecule has 6 rings (SSSR count). The molecule has 0 atom stereocenters.